The highest BCUT2D eigenvalue weighted by molar-refractivity contribution is 9.10. The van der Waals surface area contributed by atoms with Gasteiger partial charge in [-0.05, 0) is 35.0 Å². The predicted molar refractivity (Wildman–Crippen MR) is 72.8 cm³/mol. The summed E-state index contributed by atoms with van der Waals surface area (Å²) in [4.78, 5) is 4.17. The van der Waals surface area contributed by atoms with Crippen molar-refractivity contribution in [2.45, 2.75) is 24.3 Å². The second-order valence-corrected chi connectivity index (χ2v) is 7.00. The molecule has 1 aromatic heterocycles. The number of nitrogens with one attached hydrogen (secondary N) is 1. The summed E-state index contributed by atoms with van der Waals surface area (Å²) in [5.41, 5.74) is 0. The molecule has 1 aromatic rings. The third-order valence-corrected chi connectivity index (χ3v) is 5.47. The van der Waals surface area contributed by atoms with Crippen LogP contribution in [0.5, 0.6) is 0 Å². The van der Waals surface area contributed by atoms with Crippen LogP contribution in [0.1, 0.15) is 13.3 Å². The van der Waals surface area contributed by atoms with Crippen molar-refractivity contribution in [1.82, 2.24) is 14.6 Å². The average Bonchev–Trinajstić information content (AvgIpc) is 2.83. The third-order valence-electron chi connectivity index (χ3n) is 3.04. The molecule has 1 saturated heterocycles. The Balaban J connectivity index is 2.33. The number of pyridine rings is 1. The zero-order valence-corrected chi connectivity index (χ0v) is 12.5. The van der Waals surface area contributed by atoms with Gasteiger partial charge in [-0.25, -0.2) is 8.42 Å². The molecule has 1 aliphatic heterocycles. The average molecular weight is 334 g/mol. The molecule has 18 heavy (non-hydrogen) atoms. The second kappa shape index (κ2) is 5.64. The van der Waals surface area contributed by atoms with E-state index in [1.165, 1.54) is 6.20 Å². The first-order chi connectivity index (χ1) is 8.55. The van der Waals surface area contributed by atoms with Gasteiger partial charge >= 0.3 is 0 Å². The smallest absolute Gasteiger partial charge is 0.244 e. The Morgan fingerprint density at radius 3 is 2.89 bits per heavy atom. The van der Waals surface area contributed by atoms with Crippen molar-refractivity contribution in [3.8, 4) is 0 Å². The van der Waals surface area contributed by atoms with Gasteiger partial charge in [0.05, 0.1) is 0 Å². The molecule has 1 N–H and O–H groups in total. The number of sulfonamides is 1. The van der Waals surface area contributed by atoms with E-state index in [9.17, 15) is 8.42 Å². The van der Waals surface area contributed by atoms with Gasteiger partial charge in [-0.1, -0.05) is 6.92 Å². The quantitative estimate of drug-likeness (QED) is 0.899. The maximum absolute atomic E-state index is 12.5. The highest BCUT2D eigenvalue weighted by atomic mass is 79.9. The molecule has 0 aromatic carbocycles. The van der Waals surface area contributed by atoms with Crippen molar-refractivity contribution in [2.75, 3.05) is 19.6 Å². The summed E-state index contributed by atoms with van der Waals surface area (Å²) in [6, 6.07) is 1.63. The van der Waals surface area contributed by atoms with E-state index >= 15 is 0 Å². The Kier molecular flexibility index (Phi) is 4.37. The zero-order valence-electron chi connectivity index (χ0n) is 10.1. The highest BCUT2D eigenvalue weighted by Gasteiger charge is 2.32. The lowest BCUT2D eigenvalue weighted by Crippen LogP contribution is -2.41. The minimum atomic E-state index is -3.46. The molecule has 1 unspecified atom stereocenters. The van der Waals surface area contributed by atoms with Crippen LogP contribution in [0.25, 0.3) is 0 Å². The molecule has 1 aliphatic rings. The molecule has 2 rings (SSSR count). The van der Waals surface area contributed by atoms with Gasteiger partial charge in [0, 0.05) is 36.0 Å². The number of halogens is 1. The predicted octanol–water partition coefficient (Wildman–Crippen LogP) is 1.22. The summed E-state index contributed by atoms with van der Waals surface area (Å²) in [5.74, 6) is 0. The van der Waals surface area contributed by atoms with Gasteiger partial charge in [0.1, 0.15) is 4.90 Å². The van der Waals surface area contributed by atoms with E-state index in [2.05, 4.69) is 26.2 Å². The number of rotatable bonds is 4. The van der Waals surface area contributed by atoms with Gasteiger partial charge in [-0.15, -0.1) is 0 Å². The molecular weight excluding hydrogens is 318 g/mol. The first kappa shape index (κ1) is 13.9. The topological polar surface area (TPSA) is 62.3 Å². The molecule has 0 amide bonds. The minimum Gasteiger partial charge on any atom is -0.315 e. The van der Waals surface area contributed by atoms with E-state index in [0.29, 0.717) is 17.6 Å². The van der Waals surface area contributed by atoms with Gasteiger partial charge in [-0.3, -0.25) is 4.98 Å². The lowest BCUT2D eigenvalue weighted by Gasteiger charge is -2.26. The van der Waals surface area contributed by atoms with Crippen molar-refractivity contribution >= 4 is 26.0 Å². The molecule has 2 heterocycles. The van der Waals surface area contributed by atoms with E-state index < -0.39 is 10.0 Å². The van der Waals surface area contributed by atoms with E-state index in [1.54, 1.807) is 16.6 Å². The van der Waals surface area contributed by atoms with E-state index in [0.717, 1.165) is 13.0 Å². The zero-order chi connectivity index (χ0) is 13.2. The standard InChI is InChI=1S/C11H16BrN3O2S/c1-2-15(10-3-4-13-7-10)18(16,17)11-5-9(12)6-14-8-11/h5-6,8,10,13H,2-4,7H2,1H3. The van der Waals surface area contributed by atoms with E-state index in [-0.39, 0.29) is 10.9 Å². The van der Waals surface area contributed by atoms with Crippen molar-refractivity contribution in [2.24, 2.45) is 0 Å². The van der Waals surface area contributed by atoms with Crippen LogP contribution in [-0.2, 0) is 10.0 Å². The molecule has 0 radical (unpaired) electrons. The van der Waals surface area contributed by atoms with Crippen LogP contribution in [0.15, 0.2) is 27.8 Å². The Labute approximate surface area is 116 Å². The molecule has 0 spiro atoms. The fourth-order valence-electron chi connectivity index (χ4n) is 2.18. The molecule has 5 nitrogen and oxygen atoms in total. The van der Waals surface area contributed by atoms with Gasteiger partial charge < -0.3 is 5.32 Å². The van der Waals surface area contributed by atoms with Gasteiger partial charge in [0.2, 0.25) is 10.0 Å². The first-order valence-corrected chi connectivity index (χ1v) is 8.12. The fourth-order valence-corrected chi connectivity index (χ4v) is 4.35. The number of nitrogens with zero attached hydrogens (tertiary/aromatic N) is 2. The van der Waals surface area contributed by atoms with Crippen LogP contribution < -0.4 is 5.32 Å². The molecule has 0 aliphatic carbocycles. The van der Waals surface area contributed by atoms with Gasteiger partial charge in [0.25, 0.3) is 0 Å². The monoisotopic (exact) mass is 333 g/mol. The Morgan fingerprint density at radius 2 is 2.33 bits per heavy atom. The lowest BCUT2D eigenvalue weighted by molar-refractivity contribution is 0.348. The Hall–Kier alpha value is -0.500. The van der Waals surface area contributed by atoms with Crippen LogP contribution in [0.4, 0.5) is 0 Å². The third kappa shape index (κ3) is 2.74. The summed E-state index contributed by atoms with van der Waals surface area (Å²) < 4.78 is 27.3. The molecule has 0 saturated carbocycles. The summed E-state index contributed by atoms with van der Waals surface area (Å²) in [7, 11) is -3.46. The molecule has 100 valence electrons. The normalized spacial score (nSPS) is 20.5. The SMILES string of the molecule is CCN(C1CCNC1)S(=O)(=O)c1cncc(Br)c1. The van der Waals surface area contributed by atoms with Crippen molar-refractivity contribution in [3.63, 3.8) is 0 Å². The van der Waals surface area contributed by atoms with Crippen LogP contribution in [0.3, 0.4) is 0 Å². The summed E-state index contributed by atoms with van der Waals surface area (Å²) in [6.45, 7) is 3.92. The summed E-state index contributed by atoms with van der Waals surface area (Å²) in [6.07, 6.45) is 3.83. The lowest BCUT2D eigenvalue weighted by atomic mass is 10.3. The van der Waals surface area contributed by atoms with Crippen LogP contribution in [-0.4, -0.2) is 43.4 Å². The van der Waals surface area contributed by atoms with Gasteiger partial charge in [0.15, 0.2) is 0 Å². The summed E-state index contributed by atoms with van der Waals surface area (Å²) >= 11 is 3.25. The molecular formula is C11H16BrN3O2S. The van der Waals surface area contributed by atoms with Crippen LogP contribution in [0.2, 0.25) is 0 Å². The molecule has 1 atom stereocenters. The number of likely N-dealkylation sites (N-methyl/N-ethyl adjacent to an activating group) is 1. The highest BCUT2D eigenvalue weighted by Crippen LogP contribution is 2.22. The fraction of sp³-hybridized carbons (Fsp3) is 0.545. The Morgan fingerprint density at radius 1 is 1.56 bits per heavy atom. The van der Waals surface area contributed by atoms with E-state index in [1.807, 2.05) is 6.92 Å². The maximum Gasteiger partial charge on any atom is 0.244 e. The van der Waals surface area contributed by atoms with E-state index in [4.69, 9.17) is 0 Å². The van der Waals surface area contributed by atoms with Crippen molar-refractivity contribution in [3.05, 3.63) is 22.9 Å². The maximum atomic E-state index is 12.5. The van der Waals surface area contributed by atoms with Crippen LogP contribution >= 0.6 is 15.9 Å². The largest absolute Gasteiger partial charge is 0.315 e. The molecule has 7 heteroatoms. The van der Waals surface area contributed by atoms with Crippen LogP contribution in [0, 0.1) is 0 Å². The molecule has 1 fully saturated rings. The number of hydrogen-bond donors (Lipinski definition) is 1. The second-order valence-electron chi connectivity index (χ2n) is 4.19. The van der Waals surface area contributed by atoms with Gasteiger partial charge in [-0.2, -0.15) is 4.31 Å². The minimum absolute atomic E-state index is 0.0407. The number of aromatic nitrogens is 1. The summed E-state index contributed by atoms with van der Waals surface area (Å²) in [5, 5.41) is 3.19. The molecule has 0 bridgehead atoms. The Bertz CT molecular complexity index is 515. The van der Waals surface area contributed by atoms with Crippen molar-refractivity contribution in [1.29, 1.82) is 0 Å². The van der Waals surface area contributed by atoms with Crippen molar-refractivity contribution < 1.29 is 8.42 Å². The first-order valence-electron chi connectivity index (χ1n) is 5.89. The number of hydrogen-bond acceptors (Lipinski definition) is 4.